The maximum Gasteiger partial charge on any atom is 0.248 e. The lowest BCUT2D eigenvalue weighted by molar-refractivity contribution is -0.130. The normalized spacial score (nSPS) is 16.1. The van der Waals surface area contributed by atoms with Gasteiger partial charge in [-0.05, 0) is 31.2 Å². The highest BCUT2D eigenvalue weighted by atomic mass is 32.2. The topological polar surface area (TPSA) is 78.5 Å². The van der Waals surface area contributed by atoms with Gasteiger partial charge in [-0.15, -0.1) is 11.8 Å². The molecular formula is C20H20FN3O3S. The lowest BCUT2D eigenvalue weighted by Gasteiger charge is -2.17. The van der Waals surface area contributed by atoms with Crippen LogP contribution in [-0.2, 0) is 14.4 Å². The average Bonchev–Trinajstić information content (AvgIpc) is 3.08. The highest BCUT2D eigenvalue weighted by molar-refractivity contribution is 8.00. The van der Waals surface area contributed by atoms with Crippen LogP contribution in [0.1, 0.15) is 12.0 Å². The fourth-order valence-corrected chi connectivity index (χ4v) is 3.57. The molecule has 1 aliphatic heterocycles. The van der Waals surface area contributed by atoms with Crippen LogP contribution in [0.25, 0.3) is 0 Å². The van der Waals surface area contributed by atoms with Crippen molar-refractivity contribution in [2.75, 3.05) is 17.2 Å². The standard InChI is InChI=1S/C20H20FN3O3S/c1-13-6-8-15(9-7-13)24-11-14(10-19(24)26)20(27)23-22-18(25)12-28-17-5-3-2-4-16(17)21/h2-9,14H,10-12H2,1H3,(H,22,25)(H,23,27)/t14-/m0/s1. The Kier molecular flexibility index (Phi) is 6.30. The van der Waals surface area contributed by atoms with E-state index in [0.717, 1.165) is 23.0 Å². The summed E-state index contributed by atoms with van der Waals surface area (Å²) in [6.07, 6.45) is 0.0829. The van der Waals surface area contributed by atoms with Gasteiger partial charge in [-0.3, -0.25) is 25.2 Å². The molecule has 3 amide bonds. The molecule has 6 nitrogen and oxygen atoms in total. The molecule has 2 N–H and O–H groups in total. The molecule has 1 atom stereocenters. The predicted octanol–water partition coefficient (Wildman–Crippen LogP) is 2.43. The van der Waals surface area contributed by atoms with Gasteiger partial charge in [0.25, 0.3) is 0 Å². The van der Waals surface area contributed by atoms with Crippen LogP contribution < -0.4 is 15.8 Å². The lowest BCUT2D eigenvalue weighted by atomic mass is 10.1. The van der Waals surface area contributed by atoms with Crippen LogP contribution in [0.4, 0.5) is 10.1 Å². The van der Waals surface area contributed by atoms with Gasteiger partial charge >= 0.3 is 0 Å². The average molecular weight is 401 g/mol. The molecular weight excluding hydrogens is 381 g/mol. The zero-order valence-electron chi connectivity index (χ0n) is 15.3. The van der Waals surface area contributed by atoms with E-state index < -0.39 is 23.5 Å². The van der Waals surface area contributed by atoms with E-state index in [1.165, 1.54) is 6.07 Å². The predicted molar refractivity (Wildman–Crippen MR) is 105 cm³/mol. The van der Waals surface area contributed by atoms with Gasteiger partial charge in [-0.1, -0.05) is 29.8 Å². The Bertz CT molecular complexity index is 889. The summed E-state index contributed by atoms with van der Waals surface area (Å²) in [6, 6.07) is 13.6. The van der Waals surface area contributed by atoms with Gasteiger partial charge in [0.05, 0.1) is 11.7 Å². The number of hydrogen-bond acceptors (Lipinski definition) is 4. The first-order valence-electron chi connectivity index (χ1n) is 8.77. The minimum absolute atomic E-state index is 0.0414. The molecule has 146 valence electrons. The molecule has 0 radical (unpaired) electrons. The van der Waals surface area contributed by atoms with E-state index in [0.29, 0.717) is 4.90 Å². The van der Waals surface area contributed by atoms with Gasteiger partial charge in [0.15, 0.2) is 0 Å². The zero-order valence-corrected chi connectivity index (χ0v) is 16.1. The van der Waals surface area contributed by atoms with Crippen LogP contribution in [0.5, 0.6) is 0 Å². The molecule has 3 rings (SSSR count). The van der Waals surface area contributed by atoms with E-state index in [9.17, 15) is 18.8 Å². The van der Waals surface area contributed by atoms with Gasteiger partial charge in [-0.2, -0.15) is 0 Å². The highest BCUT2D eigenvalue weighted by Gasteiger charge is 2.35. The van der Waals surface area contributed by atoms with Crippen molar-refractivity contribution in [1.29, 1.82) is 0 Å². The first kappa shape index (κ1) is 19.9. The fraction of sp³-hybridized carbons (Fsp3) is 0.250. The number of hydrazine groups is 1. The Morgan fingerprint density at radius 2 is 1.86 bits per heavy atom. The summed E-state index contributed by atoms with van der Waals surface area (Å²) in [5, 5.41) is 0. The number of nitrogens with zero attached hydrogens (tertiary/aromatic N) is 1. The van der Waals surface area contributed by atoms with Crippen LogP contribution >= 0.6 is 11.8 Å². The van der Waals surface area contributed by atoms with Gasteiger partial charge in [0, 0.05) is 23.5 Å². The number of thioether (sulfide) groups is 1. The van der Waals surface area contributed by atoms with E-state index in [2.05, 4.69) is 10.9 Å². The molecule has 1 fully saturated rings. The van der Waals surface area contributed by atoms with Crippen LogP contribution in [0.2, 0.25) is 0 Å². The molecule has 0 bridgehead atoms. The molecule has 0 aliphatic carbocycles. The third-order valence-corrected chi connectivity index (χ3v) is 5.41. The molecule has 0 saturated carbocycles. The largest absolute Gasteiger partial charge is 0.312 e. The summed E-state index contributed by atoms with van der Waals surface area (Å²) in [7, 11) is 0. The number of aryl methyl sites for hydroxylation is 1. The first-order chi connectivity index (χ1) is 13.4. The lowest BCUT2D eigenvalue weighted by Crippen LogP contribution is -2.45. The van der Waals surface area contributed by atoms with Crippen molar-refractivity contribution in [2.45, 2.75) is 18.2 Å². The van der Waals surface area contributed by atoms with E-state index in [1.807, 2.05) is 31.2 Å². The molecule has 0 aromatic heterocycles. The second-order valence-corrected chi connectivity index (χ2v) is 7.51. The minimum atomic E-state index is -0.548. The van der Waals surface area contributed by atoms with Crippen LogP contribution in [0.3, 0.4) is 0 Å². The van der Waals surface area contributed by atoms with Crippen LogP contribution in [-0.4, -0.2) is 30.0 Å². The van der Waals surface area contributed by atoms with Gasteiger partial charge < -0.3 is 4.90 Å². The second-order valence-electron chi connectivity index (χ2n) is 6.50. The molecule has 28 heavy (non-hydrogen) atoms. The van der Waals surface area contributed by atoms with Crippen molar-refractivity contribution < 1.29 is 18.8 Å². The SMILES string of the molecule is Cc1ccc(N2C[C@@H](C(=O)NNC(=O)CSc3ccccc3F)CC2=O)cc1. The van der Waals surface area contributed by atoms with E-state index in [4.69, 9.17) is 0 Å². The quantitative estimate of drug-likeness (QED) is 0.596. The Morgan fingerprint density at radius 1 is 1.14 bits per heavy atom. The summed E-state index contributed by atoms with van der Waals surface area (Å²) in [5.41, 5.74) is 6.50. The molecule has 1 heterocycles. The maximum absolute atomic E-state index is 13.5. The van der Waals surface area contributed by atoms with Crippen molar-refractivity contribution in [3.63, 3.8) is 0 Å². The monoisotopic (exact) mass is 401 g/mol. The number of rotatable bonds is 5. The highest BCUT2D eigenvalue weighted by Crippen LogP contribution is 2.25. The van der Waals surface area contributed by atoms with Crippen molar-refractivity contribution >= 4 is 35.2 Å². The van der Waals surface area contributed by atoms with Crippen molar-refractivity contribution in [2.24, 2.45) is 5.92 Å². The molecule has 1 aliphatic rings. The summed E-state index contributed by atoms with van der Waals surface area (Å²) >= 11 is 1.04. The molecule has 2 aromatic carbocycles. The van der Waals surface area contributed by atoms with Crippen LogP contribution in [0.15, 0.2) is 53.4 Å². The van der Waals surface area contributed by atoms with E-state index in [1.54, 1.807) is 23.1 Å². The summed E-state index contributed by atoms with van der Waals surface area (Å²) in [4.78, 5) is 38.3. The molecule has 0 unspecified atom stereocenters. The number of benzene rings is 2. The van der Waals surface area contributed by atoms with Crippen LogP contribution in [0, 0.1) is 18.7 Å². The smallest absolute Gasteiger partial charge is 0.248 e. The summed E-state index contributed by atoms with van der Waals surface area (Å²) < 4.78 is 13.5. The number of hydrogen-bond donors (Lipinski definition) is 2. The Morgan fingerprint density at radius 3 is 2.57 bits per heavy atom. The molecule has 2 aromatic rings. The van der Waals surface area contributed by atoms with Crippen molar-refractivity contribution in [3.8, 4) is 0 Å². The number of nitrogens with one attached hydrogen (secondary N) is 2. The zero-order chi connectivity index (χ0) is 20.1. The van der Waals surface area contributed by atoms with Gasteiger partial charge in [0.2, 0.25) is 17.7 Å². The number of amides is 3. The Hall–Kier alpha value is -2.87. The Labute approximate surface area is 166 Å². The summed E-state index contributed by atoms with van der Waals surface area (Å²) in [5.74, 6) is -2.00. The summed E-state index contributed by atoms with van der Waals surface area (Å²) in [6.45, 7) is 2.21. The van der Waals surface area contributed by atoms with E-state index >= 15 is 0 Å². The van der Waals surface area contributed by atoms with Crippen molar-refractivity contribution in [3.05, 3.63) is 59.9 Å². The number of carbonyl (C=O) groups excluding carboxylic acids is 3. The molecule has 0 spiro atoms. The van der Waals surface area contributed by atoms with Gasteiger partial charge in [-0.25, -0.2) is 4.39 Å². The molecule has 8 heteroatoms. The van der Waals surface area contributed by atoms with Crippen molar-refractivity contribution in [1.82, 2.24) is 10.9 Å². The fourth-order valence-electron chi connectivity index (χ4n) is 2.83. The van der Waals surface area contributed by atoms with E-state index in [-0.39, 0.29) is 24.6 Å². The minimum Gasteiger partial charge on any atom is -0.312 e. The number of halogens is 1. The molecule has 1 saturated heterocycles. The third kappa shape index (κ3) is 4.89. The van der Waals surface area contributed by atoms with Gasteiger partial charge in [0.1, 0.15) is 5.82 Å². The number of anilines is 1. The third-order valence-electron chi connectivity index (χ3n) is 4.36. The number of carbonyl (C=O) groups is 3. The second kappa shape index (κ2) is 8.88. The Balaban J connectivity index is 1.47. The first-order valence-corrected chi connectivity index (χ1v) is 9.75. The maximum atomic E-state index is 13.5.